The zero-order chi connectivity index (χ0) is 15.9. The number of hydrogen-bond acceptors (Lipinski definition) is 2. The zero-order valence-electron chi connectivity index (χ0n) is 13.4. The summed E-state index contributed by atoms with van der Waals surface area (Å²) in [4.78, 5) is 0. The Balaban J connectivity index is 2.29. The summed E-state index contributed by atoms with van der Waals surface area (Å²) >= 11 is 0. The molecule has 0 saturated carbocycles. The predicted molar refractivity (Wildman–Crippen MR) is 91.9 cm³/mol. The Hall–Kier alpha value is -1.90. The van der Waals surface area contributed by atoms with Crippen molar-refractivity contribution in [3.05, 3.63) is 71.3 Å². The summed E-state index contributed by atoms with van der Waals surface area (Å²) in [6.07, 6.45) is 0.668. The molecule has 0 heterocycles. The third kappa shape index (κ3) is 4.55. The fourth-order valence-corrected chi connectivity index (χ4v) is 2.40. The molecule has 0 saturated heterocycles. The molecule has 22 heavy (non-hydrogen) atoms. The van der Waals surface area contributed by atoms with Gasteiger partial charge in [-0.25, -0.2) is 0 Å². The van der Waals surface area contributed by atoms with Crippen LogP contribution in [0.25, 0.3) is 11.1 Å². The molecule has 1 N–H and O–H groups in total. The van der Waals surface area contributed by atoms with Crippen LogP contribution in [-0.2, 0) is 17.8 Å². The lowest BCUT2D eigenvalue weighted by Gasteiger charge is -2.13. The first kappa shape index (κ1) is 16.5. The van der Waals surface area contributed by atoms with Crippen LogP contribution in [0.2, 0.25) is 0 Å². The topological polar surface area (TPSA) is 29.5 Å². The maximum atomic E-state index is 9.13. The average Bonchev–Trinajstić information content (AvgIpc) is 2.49. The molecule has 0 aromatic heterocycles. The van der Waals surface area contributed by atoms with E-state index in [0.29, 0.717) is 19.6 Å². The first-order chi connectivity index (χ1) is 10.6. The molecule has 0 atom stereocenters. The highest BCUT2D eigenvalue weighted by atomic mass is 16.5. The SMILES string of the molecule is C=C(C)COCc1cc(CCO)ccc1-c1ccc(C)cc1. The average molecular weight is 296 g/mol. The van der Waals surface area contributed by atoms with Crippen LogP contribution in [-0.4, -0.2) is 18.3 Å². The van der Waals surface area contributed by atoms with Gasteiger partial charge in [-0.15, -0.1) is 0 Å². The second-order valence-corrected chi connectivity index (χ2v) is 5.78. The molecule has 0 aliphatic rings. The standard InChI is InChI=1S/C20H24O2/c1-15(2)13-22-14-19-12-17(10-11-21)6-9-20(19)18-7-4-16(3)5-8-18/h4-9,12,21H,1,10-11,13-14H2,2-3H3. The number of ether oxygens (including phenoxy) is 1. The highest BCUT2D eigenvalue weighted by molar-refractivity contribution is 5.68. The quantitative estimate of drug-likeness (QED) is 0.772. The Morgan fingerprint density at radius 2 is 1.86 bits per heavy atom. The van der Waals surface area contributed by atoms with Crippen LogP contribution in [0.5, 0.6) is 0 Å². The Morgan fingerprint density at radius 3 is 2.50 bits per heavy atom. The van der Waals surface area contributed by atoms with Crippen LogP contribution >= 0.6 is 0 Å². The lowest BCUT2D eigenvalue weighted by molar-refractivity contribution is 0.143. The molecule has 0 aliphatic heterocycles. The van der Waals surface area contributed by atoms with Crippen molar-refractivity contribution in [2.75, 3.05) is 13.2 Å². The van der Waals surface area contributed by atoms with Crippen LogP contribution in [0.3, 0.4) is 0 Å². The van der Waals surface area contributed by atoms with Crippen molar-refractivity contribution >= 4 is 0 Å². The van der Waals surface area contributed by atoms with Gasteiger partial charge in [0.2, 0.25) is 0 Å². The van der Waals surface area contributed by atoms with Crippen LogP contribution in [0, 0.1) is 6.92 Å². The molecule has 0 fully saturated rings. The van der Waals surface area contributed by atoms with Gasteiger partial charge in [-0.05, 0) is 42.5 Å². The van der Waals surface area contributed by atoms with Gasteiger partial charge in [0.25, 0.3) is 0 Å². The largest absolute Gasteiger partial charge is 0.396 e. The van der Waals surface area contributed by atoms with Crippen molar-refractivity contribution in [2.45, 2.75) is 26.9 Å². The minimum absolute atomic E-state index is 0.163. The van der Waals surface area contributed by atoms with E-state index in [-0.39, 0.29) is 6.61 Å². The first-order valence-electron chi connectivity index (χ1n) is 7.62. The minimum atomic E-state index is 0.163. The lowest BCUT2D eigenvalue weighted by atomic mass is 9.96. The zero-order valence-corrected chi connectivity index (χ0v) is 13.4. The monoisotopic (exact) mass is 296 g/mol. The van der Waals surface area contributed by atoms with Gasteiger partial charge < -0.3 is 9.84 Å². The van der Waals surface area contributed by atoms with E-state index in [1.807, 2.05) is 6.92 Å². The van der Waals surface area contributed by atoms with E-state index < -0.39 is 0 Å². The Kier molecular flexibility index (Phi) is 5.93. The molecule has 0 unspecified atom stereocenters. The Labute approximate surface area is 133 Å². The van der Waals surface area contributed by atoms with Crippen molar-refractivity contribution in [3.8, 4) is 11.1 Å². The summed E-state index contributed by atoms with van der Waals surface area (Å²) in [5.74, 6) is 0. The summed E-state index contributed by atoms with van der Waals surface area (Å²) in [6.45, 7) is 9.20. The van der Waals surface area contributed by atoms with Crippen LogP contribution < -0.4 is 0 Å². The number of aryl methyl sites for hydroxylation is 1. The lowest BCUT2D eigenvalue weighted by Crippen LogP contribution is -2.00. The summed E-state index contributed by atoms with van der Waals surface area (Å²) in [5, 5.41) is 9.13. The normalized spacial score (nSPS) is 10.7. The molecule has 2 nitrogen and oxygen atoms in total. The molecular weight excluding hydrogens is 272 g/mol. The number of rotatable bonds is 7. The first-order valence-corrected chi connectivity index (χ1v) is 7.62. The van der Waals surface area contributed by atoms with Crippen molar-refractivity contribution in [1.29, 1.82) is 0 Å². The molecule has 2 rings (SSSR count). The van der Waals surface area contributed by atoms with Crippen molar-refractivity contribution < 1.29 is 9.84 Å². The van der Waals surface area contributed by atoms with Gasteiger partial charge in [-0.3, -0.25) is 0 Å². The number of benzene rings is 2. The fraction of sp³-hybridized carbons (Fsp3) is 0.300. The maximum Gasteiger partial charge on any atom is 0.0727 e. The van der Waals surface area contributed by atoms with E-state index in [9.17, 15) is 0 Å². The van der Waals surface area contributed by atoms with Crippen molar-refractivity contribution in [2.24, 2.45) is 0 Å². The molecule has 0 radical (unpaired) electrons. The molecule has 2 aromatic carbocycles. The number of hydrogen-bond donors (Lipinski definition) is 1. The van der Waals surface area contributed by atoms with Gasteiger partial charge in [0.1, 0.15) is 0 Å². The van der Waals surface area contributed by atoms with Gasteiger partial charge in [0.05, 0.1) is 13.2 Å². The smallest absolute Gasteiger partial charge is 0.0727 e. The molecule has 2 heteroatoms. The van der Waals surface area contributed by atoms with Crippen LogP contribution in [0.1, 0.15) is 23.6 Å². The van der Waals surface area contributed by atoms with Gasteiger partial charge in [0, 0.05) is 6.61 Å². The van der Waals surface area contributed by atoms with Crippen LogP contribution in [0.15, 0.2) is 54.6 Å². The maximum absolute atomic E-state index is 9.13. The van der Waals surface area contributed by atoms with Crippen molar-refractivity contribution in [1.82, 2.24) is 0 Å². The van der Waals surface area contributed by atoms with E-state index in [4.69, 9.17) is 9.84 Å². The molecule has 0 spiro atoms. The van der Waals surface area contributed by atoms with E-state index in [2.05, 4.69) is 56.0 Å². The summed E-state index contributed by atoms with van der Waals surface area (Å²) in [6, 6.07) is 14.8. The molecule has 0 aliphatic carbocycles. The van der Waals surface area contributed by atoms with Crippen molar-refractivity contribution in [3.63, 3.8) is 0 Å². The van der Waals surface area contributed by atoms with Gasteiger partial charge >= 0.3 is 0 Å². The number of aliphatic hydroxyl groups is 1. The van der Waals surface area contributed by atoms with Gasteiger partial charge in [-0.1, -0.05) is 60.2 Å². The fourth-order valence-electron chi connectivity index (χ4n) is 2.40. The highest BCUT2D eigenvalue weighted by Gasteiger charge is 2.07. The predicted octanol–water partition coefficient (Wildman–Crippen LogP) is 4.29. The van der Waals surface area contributed by atoms with E-state index >= 15 is 0 Å². The Morgan fingerprint density at radius 1 is 1.14 bits per heavy atom. The second-order valence-electron chi connectivity index (χ2n) is 5.78. The van der Waals surface area contributed by atoms with Gasteiger partial charge in [0.15, 0.2) is 0 Å². The molecule has 0 amide bonds. The van der Waals surface area contributed by atoms with Gasteiger partial charge in [-0.2, -0.15) is 0 Å². The molecular formula is C20H24O2. The number of aliphatic hydroxyl groups excluding tert-OH is 1. The van der Waals surface area contributed by atoms with Crippen LogP contribution in [0.4, 0.5) is 0 Å². The molecule has 0 bridgehead atoms. The van der Waals surface area contributed by atoms with E-state index in [1.165, 1.54) is 16.7 Å². The third-order valence-corrected chi connectivity index (χ3v) is 3.54. The molecule has 2 aromatic rings. The third-order valence-electron chi connectivity index (χ3n) is 3.54. The second kappa shape index (κ2) is 7.92. The summed E-state index contributed by atoms with van der Waals surface area (Å²) < 4.78 is 5.74. The highest BCUT2D eigenvalue weighted by Crippen LogP contribution is 2.26. The van der Waals surface area contributed by atoms with E-state index in [1.54, 1.807) is 0 Å². The summed E-state index contributed by atoms with van der Waals surface area (Å²) in [5.41, 5.74) is 6.92. The minimum Gasteiger partial charge on any atom is -0.396 e. The molecule has 116 valence electrons. The summed E-state index contributed by atoms with van der Waals surface area (Å²) in [7, 11) is 0. The Bertz CT molecular complexity index is 627. The van der Waals surface area contributed by atoms with E-state index in [0.717, 1.165) is 16.7 Å².